The standard InChI is InChI=1S/C12H7Cl2F3N2O3S/c13-11(14)4-9(11)10(20)19-23(21,22)7-2-1-6(5-18)8(3-7)12(15,16)17/h1-3,9H,4H2,(H,19,20). The minimum absolute atomic E-state index is 0.0403. The van der Waals surface area contributed by atoms with Crippen molar-refractivity contribution in [1.29, 1.82) is 5.26 Å². The maximum Gasteiger partial charge on any atom is 0.417 e. The van der Waals surface area contributed by atoms with Crippen LogP contribution in [0.1, 0.15) is 17.5 Å². The zero-order valence-corrected chi connectivity index (χ0v) is 13.3. The summed E-state index contributed by atoms with van der Waals surface area (Å²) in [4.78, 5) is 10.9. The van der Waals surface area contributed by atoms with Gasteiger partial charge in [0.1, 0.15) is 4.33 Å². The van der Waals surface area contributed by atoms with Crippen LogP contribution in [0.5, 0.6) is 0 Å². The summed E-state index contributed by atoms with van der Waals surface area (Å²) in [5, 5.41) is 8.66. The Morgan fingerprint density at radius 1 is 1.39 bits per heavy atom. The van der Waals surface area contributed by atoms with E-state index in [1.54, 1.807) is 4.72 Å². The maximum absolute atomic E-state index is 12.8. The van der Waals surface area contributed by atoms with Crippen molar-refractivity contribution < 1.29 is 26.4 Å². The first kappa shape index (κ1) is 17.8. The van der Waals surface area contributed by atoms with Crippen LogP contribution < -0.4 is 4.72 Å². The molecule has 0 aromatic heterocycles. The van der Waals surface area contributed by atoms with Gasteiger partial charge in [0.2, 0.25) is 5.91 Å². The quantitative estimate of drug-likeness (QED) is 0.808. The van der Waals surface area contributed by atoms with Gasteiger partial charge >= 0.3 is 6.18 Å². The highest BCUT2D eigenvalue weighted by molar-refractivity contribution is 7.90. The van der Waals surface area contributed by atoms with Crippen molar-refractivity contribution in [3.63, 3.8) is 0 Å². The van der Waals surface area contributed by atoms with E-state index in [9.17, 15) is 26.4 Å². The number of rotatable bonds is 3. The average molecular weight is 387 g/mol. The minimum atomic E-state index is -4.92. The summed E-state index contributed by atoms with van der Waals surface area (Å²) in [5.41, 5.74) is -2.14. The molecule has 2 rings (SSSR count). The van der Waals surface area contributed by atoms with E-state index in [2.05, 4.69) is 0 Å². The molecule has 0 radical (unpaired) electrons. The Labute approximate surface area is 139 Å². The van der Waals surface area contributed by atoms with E-state index in [0.717, 1.165) is 6.07 Å². The molecule has 5 nitrogen and oxygen atoms in total. The average Bonchev–Trinajstić information content (AvgIpc) is 3.05. The summed E-state index contributed by atoms with van der Waals surface area (Å²) in [6.45, 7) is 0. The highest BCUT2D eigenvalue weighted by atomic mass is 35.5. The van der Waals surface area contributed by atoms with Crippen LogP contribution >= 0.6 is 23.2 Å². The van der Waals surface area contributed by atoms with Gasteiger partial charge in [0.25, 0.3) is 10.0 Å². The van der Waals surface area contributed by atoms with Gasteiger partial charge in [-0.05, 0) is 24.6 Å². The van der Waals surface area contributed by atoms with Crippen molar-refractivity contribution in [2.24, 2.45) is 5.92 Å². The van der Waals surface area contributed by atoms with E-state index >= 15 is 0 Å². The van der Waals surface area contributed by atoms with Gasteiger partial charge in [0, 0.05) is 0 Å². The van der Waals surface area contributed by atoms with Gasteiger partial charge in [-0.3, -0.25) is 4.79 Å². The lowest BCUT2D eigenvalue weighted by Crippen LogP contribution is -2.33. The van der Waals surface area contributed by atoms with E-state index < -0.39 is 48.4 Å². The molecule has 1 unspecified atom stereocenters. The van der Waals surface area contributed by atoms with Crippen LogP contribution in [0.4, 0.5) is 13.2 Å². The molecule has 23 heavy (non-hydrogen) atoms. The molecule has 1 aromatic carbocycles. The maximum atomic E-state index is 12.8. The molecule has 0 heterocycles. The molecule has 1 aliphatic rings. The third-order valence-electron chi connectivity index (χ3n) is 3.10. The fourth-order valence-corrected chi connectivity index (χ4v) is 3.33. The number of nitriles is 1. The van der Waals surface area contributed by atoms with Crippen LogP contribution in [-0.4, -0.2) is 18.7 Å². The van der Waals surface area contributed by atoms with Crippen molar-refractivity contribution >= 4 is 39.1 Å². The first-order valence-corrected chi connectivity index (χ1v) is 8.18. The number of hydrogen-bond acceptors (Lipinski definition) is 4. The third-order valence-corrected chi connectivity index (χ3v) is 5.28. The fraction of sp³-hybridized carbons (Fsp3) is 0.333. The van der Waals surface area contributed by atoms with Gasteiger partial charge in [-0.15, -0.1) is 23.2 Å². The third kappa shape index (κ3) is 3.71. The Hall–Kier alpha value is -1.50. The summed E-state index contributed by atoms with van der Waals surface area (Å²) in [6.07, 6.45) is -4.88. The summed E-state index contributed by atoms with van der Waals surface area (Å²) in [6, 6.07) is 3.12. The zero-order valence-electron chi connectivity index (χ0n) is 11.0. The van der Waals surface area contributed by atoms with E-state index in [-0.39, 0.29) is 12.5 Å². The number of carbonyl (C=O) groups is 1. The van der Waals surface area contributed by atoms with E-state index in [1.807, 2.05) is 0 Å². The lowest BCUT2D eigenvalue weighted by Gasteiger charge is -2.12. The van der Waals surface area contributed by atoms with Gasteiger partial charge in [-0.2, -0.15) is 18.4 Å². The van der Waals surface area contributed by atoms with Crippen molar-refractivity contribution in [3.05, 3.63) is 29.3 Å². The Morgan fingerprint density at radius 2 is 1.96 bits per heavy atom. The number of nitrogens with one attached hydrogen (secondary N) is 1. The second-order valence-electron chi connectivity index (χ2n) is 4.80. The molecule has 1 N–H and O–H groups in total. The van der Waals surface area contributed by atoms with Gasteiger partial charge in [0.15, 0.2) is 0 Å². The van der Waals surface area contributed by atoms with Gasteiger partial charge in [-0.1, -0.05) is 0 Å². The molecule has 124 valence electrons. The molecule has 1 saturated carbocycles. The summed E-state index contributed by atoms with van der Waals surface area (Å²) in [7, 11) is -4.55. The largest absolute Gasteiger partial charge is 0.417 e. The van der Waals surface area contributed by atoms with Gasteiger partial charge in [-0.25, -0.2) is 13.1 Å². The molecular weight excluding hydrogens is 380 g/mol. The summed E-state index contributed by atoms with van der Waals surface area (Å²) < 4.78 is 62.8. The number of nitrogens with zero attached hydrogens (tertiary/aromatic N) is 1. The molecule has 0 spiro atoms. The van der Waals surface area contributed by atoms with Gasteiger partial charge in [0.05, 0.1) is 28.0 Å². The monoisotopic (exact) mass is 386 g/mol. The first-order valence-electron chi connectivity index (χ1n) is 5.94. The van der Waals surface area contributed by atoms with Crippen LogP contribution in [0.2, 0.25) is 0 Å². The summed E-state index contributed by atoms with van der Waals surface area (Å²) in [5.74, 6) is -1.96. The molecule has 0 bridgehead atoms. The fourth-order valence-electron chi connectivity index (χ4n) is 1.78. The molecule has 0 aliphatic heterocycles. The van der Waals surface area contributed by atoms with E-state index in [0.29, 0.717) is 6.07 Å². The van der Waals surface area contributed by atoms with E-state index in [1.165, 1.54) is 6.07 Å². The highest BCUT2D eigenvalue weighted by Gasteiger charge is 2.57. The number of sulfonamides is 1. The Balaban J connectivity index is 2.34. The molecule has 11 heteroatoms. The number of amides is 1. The summed E-state index contributed by atoms with van der Waals surface area (Å²) >= 11 is 11.3. The molecule has 1 aliphatic carbocycles. The number of benzene rings is 1. The zero-order chi connectivity index (χ0) is 17.6. The molecule has 1 amide bonds. The number of halogens is 5. The van der Waals surface area contributed by atoms with Crippen LogP contribution in [0.15, 0.2) is 23.1 Å². The Bertz CT molecular complexity index is 816. The van der Waals surface area contributed by atoms with Crippen LogP contribution in [0.25, 0.3) is 0 Å². The minimum Gasteiger partial charge on any atom is -0.274 e. The van der Waals surface area contributed by atoms with Crippen molar-refractivity contribution in [1.82, 2.24) is 4.72 Å². The van der Waals surface area contributed by atoms with Crippen LogP contribution in [-0.2, 0) is 21.0 Å². The van der Waals surface area contributed by atoms with Crippen LogP contribution in [0, 0.1) is 17.2 Å². The Morgan fingerprint density at radius 3 is 2.39 bits per heavy atom. The highest BCUT2D eigenvalue weighted by Crippen LogP contribution is 2.53. The number of alkyl halides is 5. The normalized spacial score (nSPS) is 19.7. The van der Waals surface area contributed by atoms with Crippen molar-refractivity contribution in [3.8, 4) is 6.07 Å². The van der Waals surface area contributed by atoms with Crippen molar-refractivity contribution in [2.45, 2.75) is 21.8 Å². The first-order chi connectivity index (χ1) is 10.4. The van der Waals surface area contributed by atoms with Crippen LogP contribution in [0.3, 0.4) is 0 Å². The predicted octanol–water partition coefficient (Wildman–Crippen LogP) is 2.58. The lowest BCUT2D eigenvalue weighted by molar-refractivity contribution is -0.137. The molecule has 1 fully saturated rings. The molecule has 0 saturated heterocycles. The lowest BCUT2D eigenvalue weighted by atomic mass is 10.1. The number of carbonyl (C=O) groups excluding carboxylic acids is 1. The SMILES string of the molecule is N#Cc1ccc(S(=O)(=O)NC(=O)C2CC2(Cl)Cl)cc1C(F)(F)F. The smallest absolute Gasteiger partial charge is 0.274 e. The molecular formula is C12H7Cl2F3N2O3S. The molecule has 1 atom stereocenters. The van der Waals surface area contributed by atoms with Crippen molar-refractivity contribution in [2.75, 3.05) is 0 Å². The van der Waals surface area contributed by atoms with E-state index in [4.69, 9.17) is 28.5 Å². The Kier molecular flexibility index (Phi) is 4.30. The second kappa shape index (κ2) is 5.54. The predicted molar refractivity (Wildman–Crippen MR) is 74.0 cm³/mol. The van der Waals surface area contributed by atoms with Gasteiger partial charge < -0.3 is 0 Å². The topological polar surface area (TPSA) is 87.0 Å². The second-order valence-corrected chi connectivity index (χ2v) is 8.03. The number of hydrogen-bond donors (Lipinski definition) is 1. The molecule has 1 aromatic rings.